The molecule has 0 bridgehead atoms. The normalized spacial score (nSPS) is 16.8. The molecule has 0 fully saturated rings. The van der Waals surface area contributed by atoms with E-state index in [9.17, 15) is 18.4 Å². The van der Waals surface area contributed by atoms with Gasteiger partial charge in [0.15, 0.2) is 5.58 Å². The first kappa shape index (κ1) is 25.4. The van der Waals surface area contributed by atoms with Crippen LogP contribution in [-0.4, -0.2) is 31.3 Å². The van der Waals surface area contributed by atoms with E-state index in [1.54, 1.807) is 25.1 Å². The Kier molecular flexibility index (Phi) is 6.13. The van der Waals surface area contributed by atoms with Crippen LogP contribution in [0.25, 0.3) is 27.7 Å². The van der Waals surface area contributed by atoms with Gasteiger partial charge in [0.1, 0.15) is 23.0 Å². The zero-order valence-electron chi connectivity index (χ0n) is 21.2. The van der Waals surface area contributed by atoms with E-state index in [0.29, 0.717) is 51.2 Å². The lowest BCUT2D eigenvalue weighted by Crippen LogP contribution is -2.24. The molecule has 0 saturated heterocycles. The van der Waals surface area contributed by atoms with Crippen molar-refractivity contribution < 1.29 is 27.9 Å². The highest BCUT2D eigenvalue weighted by atomic mass is 19.1. The van der Waals surface area contributed by atoms with E-state index in [2.05, 4.69) is 10.1 Å². The molecule has 0 spiro atoms. The van der Waals surface area contributed by atoms with Gasteiger partial charge < -0.3 is 14.4 Å². The third kappa shape index (κ3) is 4.59. The number of hydrogen-bond donors (Lipinski definition) is 1. The van der Waals surface area contributed by atoms with Crippen LogP contribution in [0.1, 0.15) is 43.5 Å². The number of carbonyl (C=O) groups is 1. The Labute approximate surface area is 225 Å². The summed E-state index contributed by atoms with van der Waals surface area (Å²) in [6.07, 6.45) is 0.694. The fourth-order valence-electron chi connectivity index (χ4n) is 4.77. The van der Waals surface area contributed by atoms with Gasteiger partial charge in [-0.15, -0.1) is 0 Å². The fraction of sp³-hybridized carbons (Fsp3) is 0.207. The first-order valence-electron chi connectivity index (χ1n) is 12.6. The van der Waals surface area contributed by atoms with Gasteiger partial charge in [0.2, 0.25) is 11.5 Å². The second-order valence-electron chi connectivity index (χ2n) is 9.79. The van der Waals surface area contributed by atoms with Gasteiger partial charge in [0.25, 0.3) is 5.56 Å². The minimum atomic E-state index is -1.03. The summed E-state index contributed by atoms with van der Waals surface area (Å²) in [6.45, 7) is 1.77. The Morgan fingerprint density at radius 1 is 1.02 bits per heavy atom. The van der Waals surface area contributed by atoms with Crippen LogP contribution in [0.5, 0.6) is 0 Å². The number of hydrogen-bond acceptors (Lipinski definition) is 7. The molecule has 0 aliphatic carbocycles. The topological polar surface area (TPSA) is 120 Å². The van der Waals surface area contributed by atoms with Gasteiger partial charge in [-0.25, -0.2) is 18.7 Å². The molecule has 0 saturated carbocycles. The number of benzene rings is 3. The van der Waals surface area contributed by atoms with Crippen LogP contribution >= 0.6 is 0 Å². The second kappa shape index (κ2) is 9.67. The quantitative estimate of drug-likeness (QED) is 0.297. The van der Waals surface area contributed by atoms with Gasteiger partial charge in [-0.3, -0.25) is 14.2 Å². The molecule has 5 aromatic rings. The number of oxazole rings is 1. The maximum atomic E-state index is 13.6. The smallest absolute Gasteiger partial charge is 0.303 e. The number of carboxylic acids is 1. The van der Waals surface area contributed by atoms with Crippen molar-refractivity contribution >= 4 is 33.7 Å². The molecule has 3 aromatic carbocycles. The number of fused-ring (bicyclic) bond motifs is 2. The lowest BCUT2D eigenvalue weighted by molar-refractivity contribution is -0.137. The van der Waals surface area contributed by atoms with Crippen molar-refractivity contribution in [1.29, 1.82) is 0 Å². The minimum Gasteiger partial charge on any atom is -0.481 e. The van der Waals surface area contributed by atoms with Crippen LogP contribution in [0, 0.1) is 11.6 Å². The van der Waals surface area contributed by atoms with E-state index in [4.69, 9.17) is 19.3 Å². The second-order valence-corrected chi connectivity index (χ2v) is 9.79. The van der Waals surface area contributed by atoms with Crippen molar-refractivity contribution in [3.05, 3.63) is 99.9 Å². The summed E-state index contributed by atoms with van der Waals surface area (Å²) >= 11 is 0. The Morgan fingerprint density at radius 2 is 1.80 bits per heavy atom. The first-order valence-corrected chi connectivity index (χ1v) is 12.6. The van der Waals surface area contributed by atoms with Gasteiger partial charge >= 0.3 is 5.97 Å². The van der Waals surface area contributed by atoms with Crippen LogP contribution in [0.15, 0.2) is 75.0 Å². The molecule has 9 nitrogen and oxygen atoms in total. The zero-order chi connectivity index (χ0) is 28.0. The summed E-state index contributed by atoms with van der Waals surface area (Å²) < 4.78 is 34.3. The van der Waals surface area contributed by atoms with Gasteiger partial charge in [-0.1, -0.05) is 11.2 Å². The SMILES string of the molecule is CC1(c2nc3ccc(F)cc3o2)CC(c2ccc3c(=O)n(-c4ccc(F)cc4)c(CCCC(=O)O)nc3c2)=NO1. The number of aliphatic carboxylic acids is 1. The maximum absolute atomic E-state index is 13.6. The summed E-state index contributed by atoms with van der Waals surface area (Å²) in [5.41, 5.74) is 1.49. The molecular formula is C29H22F2N4O5. The Bertz CT molecular complexity index is 1880. The molecule has 2 aromatic heterocycles. The van der Waals surface area contributed by atoms with Crippen molar-refractivity contribution in [2.24, 2.45) is 5.16 Å². The summed E-state index contributed by atoms with van der Waals surface area (Å²) in [5, 5.41) is 13.7. The highest BCUT2D eigenvalue weighted by Gasteiger charge is 2.41. The van der Waals surface area contributed by atoms with Crippen molar-refractivity contribution in [2.75, 3.05) is 0 Å². The van der Waals surface area contributed by atoms with Crippen LogP contribution < -0.4 is 5.56 Å². The van der Waals surface area contributed by atoms with E-state index in [-0.39, 0.29) is 30.7 Å². The summed E-state index contributed by atoms with van der Waals surface area (Å²) in [7, 11) is 0. The summed E-state index contributed by atoms with van der Waals surface area (Å²) in [5.74, 6) is -1.22. The summed E-state index contributed by atoms with van der Waals surface area (Å²) in [6, 6.07) is 14.6. The molecule has 1 aliphatic rings. The number of rotatable bonds is 7. The van der Waals surface area contributed by atoms with Gasteiger partial charge in [-0.2, -0.15) is 0 Å². The molecule has 3 heterocycles. The average Bonchev–Trinajstić information content (AvgIpc) is 3.54. The highest BCUT2D eigenvalue weighted by Crippen LogP contribution is 2.37. The third-order valence-corrected chi connectivity index (χ3v) is 6.81. The zero-order valence-corrected chi connectivity index (χ0v) is 21.2. The predicted molar refractivity (Wildman–Crippen MR) is 141 cm³/mol. The Morgan fingerprint density at radius 3 is 2.58 bits per heavy atom. The van der Waals surface area contributed by atoms with Crippen molar-refractivity contribution in [3.8, 4) is 5.69 Å². The molecular weight excluding hydrogens is 522 g/mol. The summed E-state index contributed by atoms with van der Waals surface area (Å²) in [4.78, 5) is 39.6. The molecule has 202 valence electrons. The minimum absolute atomic E-state index is 0.0907. The molecule has 1 unspecified atom stereocenters. The van der Waals surface area contributed by atoms with E-state index in [1.165, 1.54) is 47.0 Å². The van der Waals surface area contributed by atoms with Crippen LogP contribution in [0.2, 0.25) is 0 Å². The molecule has 1 atom stereocenters. The van der Waals surface area contributed by atoms with E-state index in [1.807, 2.05) is 0 Å². The molecule has 0 radical (unpaired) electrons. The Hall–Kier alpha value is -4.93. The first-order chi connectivity index (χ1) is 19.2. The Balaban J connectivity index is 1.36. The van der Waals surface area contributed by atoms with E-state index < -0.39 is 23.2 Å². The van der Waals surface area contributed by atoms with E-state index in [0.717, 1.165) is 0 Å². The predicted octanol–water partition coefficient (Wildman–Crippen LogP) is 5.25. The molecule has 1 N–H and O–H groups in total. The maximum Gasteiger partial charge on any atom is 0.303 e. The van der Waals surface area contributed by atoms with Crippen molar-refractivity contribution in [1.82, 2.24) is 14.5 Å². The van der Waals surface area contributed by atoms with Crippen LogP contribution in [0.3, 0.4) is 0 Å². The standard InChI is InChI=1S/C29H22F2N4O5/c1-29(28-33-21-12-8-18(31)14-24(21)39-28)15-23(34-40-29)16-5-11-20-22(13-16)32-25(3-2-4-26(36)37)35(27(20)38)19-9-6-17(30)7-10-19/h5-14H,2-4,15H2,1H3,(H,36,37). The lowest BCUT2D eigenvalue weighted by Gasteiger charge is -2.16. The van der Waals surface area contributed by atoms with Crippen LogP contribution in [-0.2, 0) is 21.7 Å². The van der Waals surface area contributed by atoms with E-state index >= 15 is 0 Å². The van der Waals surface area contributed by atoms with Gasteiger partial charge in [0, 0.05) is 30.9 Å². The van der Waals surface area contributed by atoms with Crippen molar-refractivity contribution in [2.45, 2.75) is 38.2 Å². The van der Waals surface area contributed by atoms with Gasteiger partial charge in [0.05, 0.1) is 22.3 Å². The number of aromatic nitrogens is 3. The number of halogens is 2. The third-order valence-electron chi connectivity index (χ3n) is 6.81. The number of carboxylic acid groups (broad SMARTS) is 1. The van der Waals surface area contributed by atoms with Gasteiger partial charge in [-0.05, 0) is 61.9 Å². The fourth-order valence-corrected chi connectivity index (χ4v) is 4.77. The lowest BCUT2D eigenvalue weighted by atomic mass is 9.95. The highest BCUT2D eigenvalue weighted by molar-refractivity contribution is 6.03. The monoisotopic (exact) mass is 544 g/mol. The molecule has 0 amide bonds. The molecule has 11 heteroatoms. The number of aryl methyl sites for hydroxylation is 1. The van der Waals surface area contributed by atoms with Crippen LogP contribution in [0.4, 0.5) is 8.78 Å². The molecule has 1 aliphatic heterocycles. The van der Waals surface area contributed by atoms with Crippen molar-refractivity contribution in [3.63, 3.8) is 0 Å². The number of nitrogens with zero attached hydrogens (tertiary/aromatic N) is 4. The molecule has 40 heavy (non-hydrogen) atoms. The molecule has 6 rings (SSSR count). The number of oxime groups is 1. The largest absolute Gasteiger partial charge is 0.481 e. The average molecular weight is 545 g/mol.